The summed E-state index contributed by atoms with van der Waals surface area (Å²) in [6.45, 7) is 2.04. The average molecular weight is 338 g/mol. The summed E-state index contributed by atoms with van der Waals surface area (Å²) in [6, 6.07) is 8.20. The molecule has 6 nitrogen and oxygen atoms in total. The van der Waals surface area contributed by atoms with Crippen LogP contribution in [0.4, 0.5) is 4.39 Å². The van der Waals surface area contributed by atoms with Gasteiger partial charge < -0.3 is 9.84 Å². The summed E-state index contributed by atoms with van der Waals surface area (Å²) in [4.78, 5) is 4.34. The van der Waals surface area contributed by atoms with Crippen LogP contribution in [0.3, 0.4) is 0 Å². The highest BCUT2D eigenvalue weighted by Gasteiger charge is 2.14. The van der Waals surface area contributed by atoms with Crippen molar-refractivity contribution in [3.05, 3.63) is 42.0 Å². The molecule has 3 rings (SSSR count). The lowest BCUT2D eigenvalue weighted by Gasteiger charge is -2.04. The molecule has 0 bridgehead atoms. The van der Waals surface area contributed by atoms with Crippen molar-refractivity contribution in [2.75, 3.05) is 7.05 Å². The van der Waals surface area contributed by atoms with Gasteiger partial charge in [0.05, 0.1) is 5.69 Å². The van der Waals surface area contributed by atoms with E-state index >= 15 is 0 Å². The second-order valence-electron chi connectivity index (χ2n) is 5.08. The Morgan fingerprint density at radius 2 is 2.04 bits per heavy atom. The number of nitrogens with zero attached hydrogens (tertiary/aromatic N) is 3. The van der Waals surface area contributed by atoms with Crippen molar-refractivity contribution >= 4 is 12.4 Å². The summed E-state index contributed by atoms with van der Waals surface area (Å²) in [7, 11) is 1.88. The first kappa shape index (κ1) is 17.1. The van der Waals surface area contributed by atoms with Crippen LogP contribution in [-0.2, 0) is 6.42 Å². The monoisotopic (exact) mass is 337 g/mol. The first-order valence-corrected chi connectivity index (χ1v) is 6.97. The van der Waals surface area contributed by atoms with Crippen molar-refractivity contribution < 1.29 is 8.91 Å². The molecule has 23 heavy (non-hydrogen) atoms. The van der Waals surface area contributed by atoms with Gasteiger partial charge in [0.2, 0.25) is 0 Å². The Balaban J connectivity index is 0.00000192. The average Bonchev–Trinajstić information content (AvgIpc) is 3.17. The van der Waals surface area contributed by atoms with E-state index in [1.807, 2.05) is 14.0 Å². The van der Waals surface area contributed by atoms with Gasteiger partial charge in [-0.15, -0.1) is 12.4 Å². The Hall–Kier alpha value is -2.25. The van der Waals surface area contributed by atoms with Crippen LogP contribution < -0.4 is 5.32 Å². The molecule has 0 fully saturated rings. The first-order chi connectivity index (χ1) is 10.7. The molecule has 1 aromatic carbocycles. The Morgan fingerprint density at radius 1 is 1.30 bits per heavy atom. The fourth-order valence-corrected chi connectivity index (χ4v) is 2.02. The van der Waals surface area contributed by atoms with E-state index in [0.29, 0.717) is 29.5 Å². The fraction of sp³-hybridized carbons (Fsp3) is 0.267. The molecule has 3 aromatic rings. The SMILES string of the molecule is CNC(C)Cc1noc(-c2cc(-c3ccc(F)cc3)n[nH]2)n1.Cl. The third-order valence-corrected chi connectivity index (χ3v) is 3.40. The third-order valence-electron chi connectivity index (χ3n) is 3.40. The first-order valence-electron chi connectivity index (χ1n) is 6.97. The van der Waals surface area contributed by atoms with Crippen LogP contribution in [0.25, 0.3) is 22.8 Å². The van der Waals surface area contributed by atoms with Gasteiger partial charge in [-0.1, -0.05) is 5.16 Å². The van der Waals surface area contributed by atoms with E-state index < -0.39 is 0 Å². The van der Waals surface area contributed by atoms with Gasteiger partial charge in [-0.25, -0.2) is 4.39 Å². The molecule has 0 radical (unpaired) electrons. The van der Waals surface area contributed by atoms with Gasteiger partial charge in [0.25, 0.3) is 5.89 Å². The van der Waals surface area contributed by atoms with Crippen molar-refractivity contribution in [3.8, 4) is 22.8 Å². The van der Waals surface area contributed by atoms with Gasteiger partial charge in [-0.2, -0.15) is 10.1 Å². The number of nitrogens with one attached hydrogen (secondary N) is 2. The molecule has 0 aliphatic heterocycles. The molecule has 0 saturated heterocycles. The van der Waals surface area contributed by atoms with Gasteiger partial charge in [-0.05, 0) is 44.3 Å². The summed E-state index contributed by atoms with van der Waals surface area (Å²) < 4.78 is 18.2. The standard InChI is InChI=1S/C15H16FN5O.ClH/c1-9(17-2)7-14-18-15(22-21-14)13-8-12(19-20-13)10-3-5-11(16)6-4-10;/h3-6,8-9,17H,7H2,1-2H3,(H,19,20);1H. The van der Waals surface area contributed by atoms with E-state index in [-0.39, 0.29) is 24.3 Å². The van der Waals surface area contributed by atoms with Gasteiger partial charge >= 0.3 is 0 Å². The van der Waals surface area contributed by atoms with Gasteiger partial charge in [0.1, 0.15) is 11.5 Å². The Bertz CT molecular complexity index is 755. The summed E-state index contributed by atoms with van der Waals surface area (Å²) in [6.07, 6.45) is 0.680. The molecule has 2 N–H and O–H groups in total. The number of H-pyrrole nitrogens is 1. The molecule has 0 aliphatic rings. The van der Waals surface area contributed by atoms with Crippen molar-refractivity contribution in [1.29, 1.82) is 0 Å². The summed E-state index contributed by atoms with van der Waals surface area (Å²) in [5.74, 6) is 0.744. The molecule has 1 atom stereocenters. The van der Waals surface area contributed by atoms with Crippen LogP contribution in [-0.4, -0.2) is 33.4 Å². The number of halogens is 2. The van der Waals surface area contributed by atoms with E-state index in [1.54, 1.807) is 18.2 Å². The Kier molecular flexibility index (Phi) is 5.46. The number of likely N-dealkylation sites (N-methyl/N-ethyl adjacent to an activating group) is 1. The minimum Gasteiger partial charge on any atom is -0.332 e. The molecule has 0 saturated carbocycles. The van der Waals surface area contributed by atoms with E-state index in [4.69, 9.17) is 4.52 Å². The fourth-order valence-electron chi connectivity index (χ4n) is 2.02. The van der Waals surface area contributed by atoms with E-state index in [0.717, 1.165) is 5.56 Å². The Morgan fingerprint density at radius 3 is 2.74 bits per heavy atom. The molecule has 8 heteroatoms. The number of benzene rings is 1. The maximum atomic E-state index is 12.9. The van der Waals surface area contributed by atoms with Crippen molar-refractivity contribution in [2.45, 2.75) is 19.4 Å². The molecular weight excluding hydrogens is 321 g/mol. The largest absolute Gasteiger partial charge is 0.332 e. The zero-order chi connectivity index (χ0) is 15.5. The molecule has 0 spiro atoms. The van der Waals surface area contributed by atoms with Crippen LogP contribution in [0.15, 0.2) is 34.9 Å². The van der Waals surface area contributed by atoms with Gasteiger partial charge in [0, 0.05) is 18.0 Å². The molecule has 0 amide bonds. The van der Waals surface area contributed by atoms with Crippen LogP contribution in [0.2, 0.25) is 0 Å². The highest BCUT2D eigenvalue weighted by atomic mass is 35.5. The van der Waals surface area contributed by atoms with E-state index in [2.05, 4.69) is 25.7 Å². The lowest BCUT2D eigenvalue weighted by molar-refractivity contribution is 0.417. The van der Waals surface area contributed by atoms with Crippen LogP contribution >= 0.6 is 12.4 Å². The lowest BCUT2D eigenvalue weighted by atomic mass is 10.1. The highest BCUT2D eigenvalue weighted by molar-refractivity contribution is 5.85. The zero-order valence-corrected chi connectivity index (χ0v) is 13.5. The zero-order valence-electron chi connectivity index (χ0n) is 12.7. The predicted molar refractivity (Wildman–Crippen MR) is 86.7 cm³/mol. The smallest absolute Gasteiger partial charge is 0.275 e. The Labute approximate surface area is 138 Å². The van der Waals surface area contributed by atoms with Gasteiger partial charge in [-0.3, -0.25) is 5.10 Å². The summed E-state index contributed by atoms with van der Waals surface area (Å²) in [5.41, 5.74) is 2.14. The molecule has 2 aromatic heterocycles. The van der Waals surface area contributed by atoms with Gasteiger partial charge in [0.15, 0.2) is 5.82 Å². The van der Waals surface area contributed by atoms with E-state index in [9.17, 15) is 4.39 Å². The second-order valence-corrected chi connectivity index (χ2v) is 5.08. The summed E-state index contributed by atoms with van der Waals surface area (Å²) >= 11 is 0. The lowest BCUT2D eigenvalue weighted by Crippen LogP contribution is -2.24. The predicted octanol–water partition coefficient (Wildman–Crippen LogP) is 2.84. The number of hydrogen-bond acceptors (Lipinski definition) is 5. The minimum atomic E-state index is -0.278. The van der Waals surface area contributed by atoms with Crippen LogP contribution in [0, 0.1) is 5.82 Å². The number of aromatic amines is 1. The van der Waals surface area contributed by atoms with E-state index in [1.165, 1.54) is 12.1 Å². The molecule has 2 heterocycles. The maximum absolute atomic E-state index is 12.9. The van der Waals surface area contributed by atoms with Crippen LogP contribution in [0.1, 0.15) is 12.7 Å². The summed E-state index contributed by atoms with van der Waals surface area (Å²) in [5, 5.41) is 14.1. The highest BCUT2D eigenvalue weighted by Crippen LogP contribution is 2.23. The number of rotatable bonds is 5. The topological polar surface area (TPSA) is 79.6 Å². The molecule has 122 valence electrons. The molecule has 1 unspecified atom stereocenters. The third kappa shape index (κ3) is 3.94. The normalized spacial score (nSPS) is 12.0. The number of aromatic nitrogens is 4. The van der Waals surface area contributed by atoms with Crippen molar-refractivity contribution in [1.82, 2.24) is 25.7 Å². The molecular formula is C15H17ClFN5O. The van der Waals surface area contributed by atoms with Crippen molar-refractivity contribution in [3.63, 3.8) is 0 Å². The van der Waals surface area contributed by atoms with Crippen molar-refractivity contribution in [2.24, 2.45) is 0 Å². The minimum absolute atomic E-state index is 0. The van der Waals surface area contributed by atoms with Crippen LogP contribution in [0.5, 0.6) is 0 Å². The quantitative estimate of drug-likeness (QED) is 0.748. The second kappa shape index (κ2) is 7.34. The molecule has 0 aliphatic carbocycles. The number of hydrogen-bond donors (Lipinski definition) is 2. The maximum Gasteiger partial charge on any atom is 0.275 e.